The number of rotatable bonds is 4. The first-order chi connectivity index (χ1) is 9.43. The van der Waals surface area contributed by atoms with Gasteiger partial charge in [-0.3, -0.25) is 4.79 Å². The zero-order chi connectivity index (χ0) is 16.4. The van der Waals surface area contributed by atoms with Crippen LogP contribution in [0.25, 0.3) is 0 Å². The third-order valence-corrected chi connectivity index (χ3v) is 4.05. The summed E-state index contributed by atoms with van der Waals surface area (Å²) in [7, 11) is 0.636. The van der Waals surface area contributed by atoms with Crippen molar-refractivity contribution in [1.82, 2.24) is 5.32 Å². The van der Waals surface area contributed by atoms with Gasteiger partial charge in [0.15, 0.2) is 5.82 Å². The summed E-state index contributed by atoms with van der Waals surface area (Å²) in [5, 5.41) is 2.36. The zero-order valence-electron chi connectivity index (χ0n) is 11.8. The third kappa shape index (κ3) is 4.93. The molecule has 0 aliphatic carbocycles. The van der Waals surface area contributed by atoms with Crippen LogP contribution < -0.4 is 5.32 Å². The lowest BCUT2D eigenvalue weighted by molar-refractivity contribution is 0.0940. The molecule has 0 fully saturated rings. The van der Waals surface area contributed by atoms with E-state index in [-0.39, 0.29) is 12.0 Å². The van der Waals surface area contributed by atoms with Crippen LogP contribution in [-0.2, 0) is 9.05 Å². The van der Waals surface area contributed by atoms with Crippen molar-refractivity contribution in [2.24, 2.45) is 5.41 Å². The predicted octanol–water partition coefficient (Wildman–Crippen LogP) is 3.06. The molecular formula is C13H16ClF2NO3S. The van der Waals surface area contributed by atoms with E-state index in [1.165, 1.54) is 0 Å². The van der Waals surface area contributed by atoms with Gasteiger partial charge in [-0.1, -0.05) is 20.8 Å². The van der Waals surface area contributed by atoms with E-state index in [0.717, 1.165) is 0 Å². The Morgan fingerprint density at radius 3 is 2.33 bits per heavy atom. The molecule has 0 saturated heterocycles. The van der Waals surface area contributed by atoms with Crippen LogP contribution in [-0.4, -0.2) is 20.9 Å². The molecule has 118 valence electrons. The number of nitrogens with one attached hydrogen (secondary N) is 1. The van der Waals surface area contributed by atoms with Gasteiger partial charge in [0.05, 0.1) is 0 Å². The van der Waals surface area contributed by atoms with E-state index in [0.29, 0.717) is 18.6 Å². The molecule has 0 spiro atoms. The first kappa shape index (κ1) is 17.8. The monoisotopic (exact) mass is 339 g/mol. The van der Waals surface area contributed by atoms with Gasteiger partial charge < -0.3 is 5.32 Å². The molecule has 0 unspecified atom stereocenters. The lowest BCUT2D eigenvalue weighted by Gasteiger charge is -2.18. The summed E-state index contributed by atoms with van der Waals surface area (Å²) in [4.78, 5) is 10.9. The zero-order valence-corrected chi connectivity index (χ0v) is 13.4. The average molecular weight is 340 g/mol. The molecule has 0 saturated carbocycles. The van der Waals surface area contributed by atoms with E-state index < -0.39 is 37.1 Å². The largest absolute Gasteiger partial charge is 0.352 e. The second kappa shape index (κ2) is 6.27. The van der Waals surface area contributed by atoms with E-state index in [4.69, 9.17) is 10.7 Å². The van der Waals surface area contributed by atoms with Crippen LogP contribution in [0.1, 0.15) is 37.6 Å². The number of hydrogen-bond acceptors (Lipinski definition) is 3. The van der Waals surface area contributed by atoms with Gasteiger partial charge in [0.2, 0.25) is 0 Å². The summed E-state index contributed by atoms with van der Waals surface area (Å²) in [6.07, 6.45) is 0.593. The molecule has 1 aromatic carbocycles. The molecule has 0 atom stereocenters. The van der Waals surface area contributed by atoms with E-state index in [1.54, 1.807) is 0 Å². The van der Waals surface area contributed by atoms with Gasteiger partial charge in [-0.15, -0.1) is 0 Å². The van der Waals surface area contributed by atoms with Crippen LogP contribution in [0.5, 0.6) is 0 Å². The van der Waals surface area contributed by atoms with Crippen LogP contribution in [0.15, 0.2) is 17.0 Å². The van der Waals surface area contributed by atoms with Gasteiger partial charge in [0.25, 0.3) is 15.0 Å². The van der Waals surface area contributed by atoms with Crippen LogP contribution in [0.3, 0.4) is 0 Å². The summed E-state index contributed by atoms with van der Waals surface area (Å²) >= 11 is 0. The Hall–Kier alpha value is -1.21. The second-order valence-corrected chi connectivity index (χ2v) is 8.27. The number of carbonyl (C=O) groups excluding carboxylic acids is 1. The highest BCUT2D eigenvalue weighted by molar-refractivity contribution is 8.13. The van der Waals surface area contributed by atoms with Crippen molar-refractivity contribution < 1.29 is 22.0 Å². The molecule has 4 nitrogen and oxygen atoms in total. The molecule has 8 heteroatoms. The highest BCUT2D eigenvalue weighted by atomic mass is 35.7. The topological polar surface area (TPSA) is 63.2 Å². The van der Waals surface area contributed by atoms with Crippen molar-refractivity contribution in [3.05, 3.63) is 29.3 Å². The van der Waals surface area contributed by atoms with Crippen molar-refractivity contribution in [1.29, 1.82) is 0 Å². The van der Waals surface area contributed by atoms with E-state index in [1.807, 2.05) is 20.8 Å². The Morgan fingerprint density at radius 2 is 1.86 bits per heavy atom. The van der Waals surface area contributed by atoms with Crippen LogP contribution in [0.4, 0.5) is 8.78 Å². The fourth-order valence-corrected chi connectivity index (χ4v) is 2.47. The minimum atomic E-state index is -4.40. The van der Waals surface area contributed by atoms with Gasteiger partial charge >= 0.3 is 0 Å². The minimum Gasteiger partial charge on any atom is -0.352 e. The molecule has 21 heavy (non-hydrogen) atoms. The summed E-state index contributed by atoms with van der Waals surface area (Å²) in [5.41, 5.74) is -1.02. The van der Waals surface area contributed by atoms with Crippen LogP contribution in [0.2, 0.25) is 0 Å². The summed E-state index contributed by atoms with van der Waals surface area (Å²) in [6.45, 7) is 6.04. The number of hydrogen-bond donors (Lipinski definition) is 1. The molecule has 1 amide bonds. The second-order valence-electron chi connectivity index (χ2n) is 5.74. The first-order valence-electron chi connectivity index (χ1n) is 6.14. The highest BCUT2D eigenvalue weighted by Crippen LogP contribution is 2.24. The average Bonchev–Trinajstić information content (AvgIpc) is 2.25. The molecular weight excluding hydrogens is 324 g/mol. The van der Waals surface area contributed by atoms with Crippen molar-refractivity contribution in [2.45, 2.75) is 32.1 Å². The highest BCUT2D eigenvalue weighted by Gasteiger charge is 2.26. The van der Waals surface area contributed by atoms with Gasteiger partial charge in [-0.2, -0.15) is 0 Å². The Bertz CT molecular complexity index is 654. The maximum atomic E-state index is 14.0. The molecule has 0 aliphatic heterocycles. The van der Waals surface area contributed by atoms with Crippen LogP contribution >= 0.6 is 10.7 Å². The molecule has 0 aromatic heterocycles. The maximum Gasteiger partial charge on any atom is 0.264 e. The Kier molecular flexibility index (Phi) is 5.33. The van der Waals surface area contributed by atoms with Gasteiger partial charge in [0.1, 0.15) is 16.3 Å². The van der Waals surface area contributed by atoms with Crippen molar-refractivity contribution >= 4 is 25.6 Å². The molecule has 1 aromatic rings. The van der Waals surface area contributed by atoms with E-state index in [2.05, 4.69) is 5.32 Å². The Balaban J connectivity index is 3.05. The number of amides is 1. The number of carbonyl (C=O) groups is 1. The third-order valence-electron chi connectivity index (χ3n) is 2.71. The number of benzene rings is 1. The van der Waals surface area contributed by atoms with Crippen LogP contribution in [0, 0.1) is 17.0 Å². The van der Waals surface area contributed by atoms with E-state index in [9.17, 15) is 22.0 Å². The Morgan fingerprint density at radius 1 is 1.29 bits per heavy atom. The van der Waals surface area contributed by atoms with Crippen molar-refractivity contribution in [3.63, 3.8) is 0 Å². The summed E-state index contributed by atoms with van der Waals surface area (Å²) in [5.74, 6) is -3.65. The van der Waals surface area contributed by atoms with Crippen molar-refractivity contribution in [3.8, 4) is 0 Å². The summed E-state index contributed by atoms with van der Waals surface area (Å²) in [6, 6.07) is 1.37. The lowest BCUT2D eigenvalue weighted by Crippen LogP contribution is -2.29. The first-order valence-corrected chi connectivity index (χ1v) is 8.45. The summed E-state index contributed by atoms with van der Waals surface area (Å²) < 4.78 is 49.9. The van der Waals surface area contributed by atoms with Gasteiger partial charge in [-0.05, 0) is 24.0 Å². The van der Waals surface area contributed by atoms with Gasteiger partial charge in [-0.25, -0.2) is 17.2 Å². The quantitative estimate of drug-likeness (QED) is 0.857. The SMILES string of the molecule is CC(C)(C)CCNC(=O)c1c(F)ccc(S(=O)(=O)Cl)c1F. The standard InChI is InChI=1S/C13H16ClF2NO3S/c1-13(2,3)6-7-17-12(18)10-8(15)4-5-9(11(10)16)21(14,19)20/h4-5H,6-7H2,1-3H3,(H,17,18). The smallest absolute Gasteiger partial charge is 0.264 e. The van der Waals surface area contributed by atoms with E-state index >= 15 is 0 Å². The normalized spacial score (nSPS) is 12.3. The minimum absolute atomic E-state index is 0.0638. The molecule has 0 heterocycles. The lowest BCUT2D eigenvalue weighted by atomic mass is 9.92. The Labute approximate surface area is 126 Å². The van der Waals surface area contributed by atoms with Gasteiger partial charge in [0, 0.05) is 17.2 Å². The fraction of sp³-hybridized carbons (Fsp3) is 0.462. The molecule has 0 bridgehead atoms. The molecule has 1 N–H and O–H groups in total. The van der Waals surface area contributed by atoms with Crippen molar-refractivity contribution in [2.75, 3.05) is 6.54 Å². The maximum absolute atomic E-state index is 14.0. The predicted molar refractivity (Wildman–Crippen MR) is 75.8 cm³/mol. The molecule has 0 radical (unpaired) electrons. The number of halogens is 3. The molecule has 0 aliphatic rings. The fourth-order valence-electron chi connectivity index (χ4n) is 1.57. The molecule has 1 rings (SSSR count).